The van der Waals surface area contributed by atoms with Crippen molar-refractivity contribution in [1.29, 1.82) is 0 Å². The Labute approximate surface area is 220 Å². The lowest BCUT2D eigenvalue weighted by Crippen LogP contribution is -2.34. The summed E-state index contributed by atoms with van der Waals surface area (Å²) in [7, 11) is 3.13. The van der Waals surface area contributed by atoms with Crippen LogP contribution in [0, 0.1) is 0 Å². The van der Waals surface area contributed by atoms with Gasteiger partial charge in [0.1, 0.15) is 11.5 Å². The highest BCUT2D eigenvalue weighted by Gasteiger charge is 2.14. The minimum atomic E-state index is -0.336. The van der Waals surface area contributed by atoms with Crippen LogP contribution in [-0.2, 0) is 0 Å². The van der Waals surface area contributed by atoms with E-state index in [1.807, 2.05) is 6.07 Å². The van der Waals surface area contributed by atoms with Crippen molar-refractivity contribution in [3.05, 3.63) is 81.9 Å². The van der Waals surface area contributed by atoms with Crippen molar-refractivity contribution in [3.63, 3.8) is 0 Å². The molecular formula is C25H19BrClN3O4S. The number of aromatic nitrogens is 1. The predicted octanol–water partition coefficient (Wildman–Crippen LogP) is 6.59. The highest BCUT2D eigenvalue weighted by molar-refractivity contribution is 9.10. The Morgan fingerprint density at radius 2 is 1.71 bits per heavy atom. The molecule has 0 aliphatic heterocycles. The number of rotatable bonds is 6. The van der Waals surface area contributed by atoms with Gasteiger partial charge >= 0.3 is 0 Å². The van der Waals surface area contributed by atoms with Gasteiger partial charge in [-0.1, -0.05) is 23.7 Å². The van der Waals surface area contributed by atoms with Gasteiger partial charge in [-0.3, -0.25) is 15.1 Å². The van der Waals surface area contributed by atoms with Gasteiger partial charge < -0.3 is 19.5 Å². The molecule has 35 heavy (non-hydrogen) atoms. The number of amides is 1. The zero-order valence-corrected chi connectivity index (χ0v) is 21.8. The van der Waals surface area contributed by atoms with Crippen molar-refractivity contribution in [2.75, 3.05) is 19.5 Å². The van der Waals surface area contributed by atoms with Gasteiger partial charge in [-0.15, -0.1) is 0 Å². The van der Waals surface area contributed by atoms with Gasteiger partial charge in [0.2, 0.25) is 0 Å². The molecular weight excluding hydrogens is 554 g/mol. The van der Waals surface area contributed by atoms with Crippen molar-refractivity contribution < 1.29 is 19.0 Å². The second-order valence-corrected chi connectivity index (χ2v) is 8.84. The van der Waals surface area contributed by atoms with Crippen LogP contribution in [0.25, 0.3) is 10.9 Å². The number of thiocarbonyl (C=S) groups is 1. The molecule has 0 saturated carbocycles. The first-order valence-corrected chi connectivity index (χ1v) is 11.8. The average Bonchev–Trinajstić information content (AvgIpc) is 2.85. The van der Waals surface area contributed by atoms with Crippen LogP contribution in [0.3, 0.4) is 0 Å². The van der Waals surface area contributed by atoms with Crippen LogP contribution in [0.5, 0.6) is 23.0 Å². The summed E-state index contributed by atoms with van der Waals surface area (Å²) in [6, 6.07) is 17.5. The fourth-order valence-corrected chi connectivity index (χ4v) is 4.19. The first-order valence-electron chi connectivity index (χ1n) is 10.2. The lowest BCUT2D eigenvalue weighted by molar-refractivity contribution is 0.0977. The molecule has 3 aromatic carbocycles. The molecule has 10 heteroatoms. The van der Waals surface area contributed by atoms with Crippen molar-refractivity contribution >= 4 is 67.4 Å². The molecule has 1 aromatic heterocycles. The maximum absolute atomic E-state index is 12.4. The summed E-state index contributed by atoms with van der Waals surface area (Å²) in [5.41, 5.74) is 1.74. The summed E-state index contributed by atoms with van der Waals surface area (Å²) in [4.78, 5) is 16.8. The maximum atomic E-state index is 12.4. The number of methoxy groups -OCH3 is 2. The third kappa shape index (κ3) is 5.64. The highest BCUT2D eigenvalue weighted by atomic mass is 79.9. The van der Waals surface area contributed by atoms with Crippen molar-refractivity contribution in [2.45, 2.75) is 0 Å². The monoisotopic (exact) mass is 571 g/mol. The van der Waals surface area contributed by atoms with Crippen LogP contribution in [0.15, 0.2) is 71.3 Å². The number of ether oxygens (including phenoxy) is 3. The van der Waals surface area contributed by atoms with Gasteiger partial charge in [-0.2, -0.15) is 0 Å². The van der Waals surface area contributed by atoms with Crippen LogP contribution < -0.4 is 24.8 Å². The van der Waals surface area contributed by atoms with E-state index in [0.29, 0.717) is 49.3 Å². The summed E-state index contributed by atoms with van der Waals surface area (Å²) in [5.74, 6) is 1.78. The molecule has 0 aliphatic rings. The molecule has 4 aromatic rings. The minimum Gasteiger partial charge on any atom is -0.493 e. The van der Waals surface area contributed by atoms with E-state index in [1.54, 1.807) is 75.0 Å². The van der Waals surface area contributed by atoms with E-state index >= 15 is 0 Å². The minimum absolute atomic E-state index is 0.136. The number of pyridine rings is 1. The summed E-state index contributed by atoms with van der Waals surface area (Å²) in [6.07, 6.45) is 1.64. The van der Waals surface area contributed by atoms with Crippen LogP contribution in [0.2, 0.25) is 5.02 Å². The largest absolute Gasteiger partial charge is 0.493 e. The van der Waals surface area contributed by atoms with Crippen molar-refractivity contribution in [3.8, 4) is 23.0 Å². The zero-order valence-electron chi connectivity index (χ0n) is 18.6. The number of anilines is 1. The van der Waals surface area contributed by atoms with Crippen LogP contribution in [0.1, 0.15) is 10.4 Å². The Kier molecular flexibility index (Phi) is 7.70. The van der Waals surface area contributed by atoms with E-state index in [-0.39, 0.29) is 11.0 Å². The molecule has 0 radical (unpaired) electrons. The summed E-state index contributed by atoms with van der Waals surface area (Å²) < 4.78 is 17.5. The molecule has 0 fully saturated rings. The van der Waals surface area contributed by atoms with Crippen LogP contribution >= 0.6 is 39.7 Å². The number of hydrogen-bond acceptors (Lipinski definition) is 6. The number of nitrogens with zero attached hydrogens (tertiary/aromatic N) is 1. The van der Waals surface area contributed by atoms with Gasteiger partial charge in [-0.25, -0.2) is 0 Å². The number of carbonyl (C=O) groups is 1. The van der Waals surface area contributed by atoms with Crippen molar-refractivity contribution in [1.82, 2.24) is 10.3 Å². The third-order valence-electron chi connectivity index (χ3n) is 4.96. The third-order valence-corrected chi connectivity index (χ3v) is 6.15. The Morgan fingerprint density at radius 1 is 0.971 bits per heavy atom. The molecule has 4 rings (SSSR count). The number of benzene rings is 3. The van der Waals surface area contributed by atoms with Gasteiger partial charge in [0.25, 0.3) is 5.91 Å². The standard InChI is InChI=1S/C25H19BrClN3O4S/c1-32-22-12-16-19(13-23(22)33-2)28-10-9-20(16)34-21-8-7-14(11-18(21)27)29-25(35)30-24(31)15-5-3-4-6-17(15)26/h3-13H,1-2H3,(H2,29,30,31,35). The van der Waals surface area contributed by atoms with E-state index in [0.717, 1.165) is 5.39 Å². The number of hydrogen-bond donors (Lipinski definition) is 2. The molecule has 1 amide bonds. The molecule has 0 bridgehead atoms. The number of halogens is 2. The molecule has 0 unspecified atom stereocenters. The number of carbonyl (C=O) groups excluding carboxylic acids is 1. The lowest BCUT2D eigenvalue weighted by atomic mass is 10.2. The van der Waals surface area contributed by atoms with E-state index < -0.39 is 0 Å². The Bertz CT molecular complexity index is 1430. The number of fused-ring (bicyclic) bond motifs is 1. The second kappa shape index (κ2) is 10.9. The summed E-state index contributed by atoms with van der Waals surface area (Å²) in [6.45, 7) is 0. The molecule has 0 saturated heterocycles. The highest BCUT2D eigenvalue weighted by Crippen LogP contribution is 2.38. The van der Waals surface area contributed by atoms with E-state index in [9.17, 15) is 4.79 Å². The first kappa shape index (κ1) is 24.7. The first-order chi connectivity index (χ1) is 16.9. The van der Waals surface area contributed by atoms with Crippen molar-refractivity contribution in [2.24, 2.45) is 0 Å². The maximum Gasteiger partial charge on any atom is 0.258 e. The average molecular weight is 573 g/mol. The normalized spacial score (nSPS) is 10.5. The topological polar surface area (TPSA) is 81.7 Å². The summed E-state index contributed by atoms with van der Waals surface area (Å²) in [5, 5.41) is 6.82. The molecule has 1 heterocycles. The Hall–Kier alpha value is -3.40. The van der Waals surface area contributed by atoms with Gasteiger partial charge in [0.15, 0.2) is 16.6 Å². The molecule has 0 atom stereocenters. The molecule has 0 spiro atoms. The van der Waals surface area contributed by atoms with Crippen LogP contribution in [-0.4, -0.2) is 30.2 Å². The number of nitrogens with one attached hydrogen (secondary N) is 2. The quantitative estimate of drug-likeness (QED) is 0.252. The molecule has 0 aliphatic carbocycles. The Morgan fingerprint density at radius 3 is 2.43 bits per heavy atom. The van der Waals surface area contributed by atoms with Gasteiger partial charge in [0.05, 0.1) is 30.3 Å². The summed E-state index contributed by atoms with van der Waals surface area (Å²) >= 11 is 15.1. The lowest BCUT2D eigenvalue weighted by Gasteiger charge is -2.14. The van der Waals surface area contributed by atoms with E-state index in [2.05, 4.69) is 31.5 Å². The molecule has 7 nitrogen and oxygen atoms in total. The van der Waals surface area contributed by atoms with E-state index in [1.165, 1.54) is 0 Å². The van der Waals surface area contributed by atoms with Gasteiger partial charge in [-0.05, 0) is 70.6 Å². The SMILES string of the molecule is COc1cc2nccc(Oc3ccc(NC(=S)NC(=O)c4ccccc4Br)cc3Cl)c2cc1OC. The molecule has 178 valence electrons. The Balaban J connectivity index is 1.50. The van der Waals surface area contributed by atoms with E-state index in [4.69, 9.17) is 38.0 Å². The predicted molar refractivity (Wildman–Crippen MR) is 144 cm³/mol. The van der Waals surface area contributed by atoms with Crippen LogP contribution in [0.4, 0.5) is 5.69 Å². The second-order valence-electron chi connectivity index (χ2n) is 7.17. The fourth-order valence-electron chi connectivity index (χ4n) is 3.29. The fraction of sp³-hybridized carbons (Fsp3) is 0.0800. The van der Waals surface area contributed by atoms with Gasteiger partial charge in [0, 0.05) is 27.8 Å². The smallest absolute Gasteiger partial charge is 0.258 e. The zero-order chi connectivity index (χ0) is 24.9. The molecule has 2 N–H and O–H groups in total.